The molecule has 0 unspecified atom stereocenters. The summed E-state index contributed by atoms with van der Waals surface area (Å²) >= 11 is 0. The Hall–Kier alpha value is -0.980. The molecule has 2 rings (SSSR count). The average Bonchev–Trinajstić information content (AvgIpc) is 2.35. The average molecular weight is 294 g/mol. The number of aryl methyl sites for hydroxylation is 1. The minimum atomic E-state index is -4.80. The molecule has 0 bridgehead atoms. The zero-order chi connectivity index (χ0) is 14.2. The van der Waals surface area contributed by atoms with E-state index in [4.69, 9.17) is 4.74 Å². The molecule has 0 aromatic heterocycles. The number of alkyl halides is 3. The molecule has 1 atom stereocenters. The first-order valence-corrected chi connectivity index (χ1v) is 5.62. The number of hydrogen-bond donors (Lipinski definition) is 0. The summed E-state index contributed by atoms with van der Waals surface area (Å²) in [5.41, 5.74) is 0.286. The molecule has 1 aromatic rings. The van der Waals surface area contributed by atoms with Gasteiger partial charge in [-0.1, -0.05) is 13.0 Å². The predicted molar refractivity (Wildman–Crippen MR) is 59.3 cm³/mol. The number of fused-ring (bicyclic) bond motifs is 1. The van der Waals surface area contributed by atoms with Crippen molar-refractivity contribution in [2.45, 2.75) is 25.6 Å². The molecule has 7 heteroatoms. The maximum atomic E-state index is 12.7. The van der Waals surface area contributed by atoms with E-state index in [1.807, 2.05) is 6.92 Å². The van der Waals surface area contributed by atoms with Gasteiger partial charge in [0.05, 0.1) is 5.97 Å². The van der Waals surface area contributed by atoms with Crippen LogP contribution in [0, 0.1) is 0 Å². The Morgan fingerprint density at radius 1 is 1.40 bits per heavy atom. The predicted octanol–water partition coefficient (Wildman–Crippen LogP) is -1.29. The summed E-state index contributed by atoms with van der Waals surface area (Å²) in [5, 5.41) is 10.8. The maximum absolute atomic E-state index is 12.7. The topological polar surface area (TPSA) is 49.4 Å². The van der Waals surface area contributed by atoms with E-state index in [9.17, 15) is 23.1 Å². The van der Waals surface area contributed by atoms with Crippen molar-refractivity contribution in [3.05, 3.63) is 34.9 Å². The Morgan fingerprint density at radius 2 is 2.05 bits per heavy atom. The van der Waals surface area contributed by atoms with Gasteiger partial charge in [-0.15, -0.1) is 0 Å². The zero-order valence-corrected chi connectivity index (χ0v) is 13.0. The molecule has 0 saturated heterocycles. The van der Waals surface area contributed by atoms with Crippen molar-refractivity contribution in [2.24, 2.45) is 0 Å². The van der Waals surface area contributed by atoms with Gasteiger partial charge in [0, 0.05) is 11.1 Å². The molecule has 20 heavy (non-hydrogen) atoms. The van der Waals surface area contributed by atoms with Gasteiger partial charge in [0.25, 0.3) is 0 Å². The Labute approximate surface area is 135 Å². The first kappa shape index (κ1) is 17.1. The van der Waals surface area contributed by atoms with Gasteiger partial charge in [-0.2, -0.15) is 13.2 Å². The van der Waals surface area contributed by atoms with Crippen LogP contribution in [0.4, 0.5) is 13.2 Å². The Kier molecular flexibility index (Phi) is 5.29. The molecular formula is C13H10F3NaO3. The van der Waals surface area contributed by atoms with Crippen molar-refractivity contribution in [3.63, 3.8) is 0 Å². The Bertz CT molecular complexity index is 552. The van der Waals surface area contributed by atoms with E-state index in [1.165, 1.54) is 6.07 Å². The summed E-state index contributed by atoms with van der Waals surface area (Å²) in [4.78, 5) is 10.8. The second kappa shape index (κ2) is 6.20. The molecule has 102 valence electrons. The van der Waals surface area contributed by atoms with Crippen LogP contribution in [0.25, 0.3) is 6.08 Å². The fourth-order valence-corrected chi connectivity index (χ4v) is 1.88. The molecule has 0 radical (unpaired) electrons. The maximum Gasteiger partial charge on any atom is 1.00 e. The summed E-state index contributed by atoms with van der Waals surface area (Å²) < 4.78 is 43.0. The molecule has 0 N–H and O–H groups in total. The monoisotopic (exact) mass is 294 g/mol. The number of ether oxygens (including phenoxy) is 1. The van der Waals surface area contributed by atoms with Crippen LogP contribution in [0.2, 0.25) is 0 Å². The normalized spacial score (nSPS) is 17.4. The molecule has 3 nitrogen and oxygen atoms in total. The second-order valence-electron chi connectivity index (χ2n) is 4.15. The summed E-state index contributed by atoms with van der Waals surface area (Å²) in [6, 6.07) is 4.66. The minimum Gasteiger partial charge on any atom is -0.545 e. The molecule has 0 amide bonds. The summed E-state index contributed by atoms with van der Waals surface area (Å²) in [6.07, 6.45) is -5.64. The third-order valence-electron chi connectivity index (χ3n) is 2.85. The summed E-state index contributed by atoms with van der Waals surface area (Å²) in [5.74, 6) is -1.86. The third kappa shape index (κ3) is 3.37. The van der Waals surface area contributed by atoms with Crippen LogP contribution in [0.15, 0.2) is 23.8 Å². The van der Waals surface area contributed by atoms with Crippen LogP contribution in [0.5, 0.6) is 5.75 Å². The zero-order valence-electron chi connectivity index (χ0n) is 11.0. The molecule has 0 spiro atoms. The molecule has 1 aliphatic heterocycles. The van der Waals surface area contributed by atoms with Crippen LogP contribution in [0.3, 0.4) is 0 Å². The smallest absolute Gasteiger partial charge is 0.545 e. The van der Waals surface area contributed by atoms with Crippen molar-refractivity contribution in [1.29, 1.82) is 0 Å². The molecule has 0 aliphatic carbocycles. The number of aliphatic carboxylic acids is 1. The van der Waals surface area contributed by atoms with Crippen molar-refractivity contribution in [1.82, 2.24) is 0 Å². The van der Waals surface area contributed by atoms with Gasteiger partial charge in [-0.3, -0.25) is 0 Å². The molecule has 0 fully saturated rings. The van der Waals surface area contributed by atoms with Gasteiger partial charge < -0.3 is 14.6 Å². The van der Waals surface area contributed by atoms with Crippen LogP contribution in [-0.4, -0.2) is 18.2 Å². The second-order valence-corrected chi connectivity index (χ2v) is 4.15. The Balaban J connectivity index is 0.00000200. The van der Waals surface area contributed by atoms with E-state index >= 15 is 0 Å². The van der Waals surface area contributed by atoms with Crippen LogP contribution in [0.1, 0.15) is 18.1 Å². The van der Waals surface area contributed by atoms with E-state index in [0.717, 1.165) is 11.6 Å². The van der Waals surface area contributed by atoms with E-state index < -0.39 is 23.8 Å². The van der Waals surface area contributed by atoms with Crippen molar-refractivity contribution in [3.8, 4) is 5.75 Å². The Morgan fingerprint density at radius 3 is 2.55 bits per heavy atom. The van der Waals surface area contributed by atoms with E-state index in [0.29, 0.717) is 12.0 Å². The van der Waals surface area contributed by atoms with Gasteiger partial charge in [0.1, 0.15) is 5.75 Å². The van der Waals surface area contributed by atoms with Crippen molar-refractivity contribution >= 4 is 12.0 Å². The number of carbonyl (C=O) groups excluding carboxylic acids is 1. The molecule has 1 aliphatic rings. The number of rotatable bonds is 2. The van der Waals surface area contributed by atoms with Gasteiger partial charge >= 0.3 is 35.7 Å². The fourth-order valence-electron chi connectivity index (χ4n) is 1.88. The van der Waals surface area contributed by atoms with Gasteiger partial charge in [0.15, 0.2) is 0 Å². The van der Waals surface area contributed by atoms with Gasteiger partial charge in [-0.05, 0) is 30.2 Å². The number of hydrogen-bond acceptors (Lipinski definition) is 3. The SMILES string of the molecule is CCc1ccc2c(c1)C=C(C(=O)[O-])[C@H](C(F)(F)F)O2.[Na+]. The molecule has 1 aromatic carbocycles. The van der Waals surface area contributed by atoms with E-state index in [2.05, 4.69) is 0 Å². The van der Waals surface area contributed by atoms with Crippen molar-refractivity contribution in [2.75, 3.05) is 0 Å². The number of benzene rings is 1. The molecular weight excluding hydrogens is 284 g/mol. The summed E-state index contributed by atoms with van der Waals surface area (Å²) in [7, 11) is 0. The number of halogens is 3. The van der Waals surface area contributed by atoms with E-state index in [1.54, 1.807) is 12.1 Å². The molecule has 0 saturated carbocycles. The minimum absolute atomic E-state index is 0. The van der Waals surface area contributed by atoms with E-state index in [-0.39, 0.29) is 35.3 Å². The number of carboxylic acids is 1. The molecule has 1 heterocycles. The van der Waals surface area contributed by atoms with Gasteiger partial charge in [0.2, 0.25) is 6.10 Å². The number of carbonyl (C=O) groups is 1. The number of carboxylic acid groups (broad SMARTS) is 1. The first-order valence-electron chi connectivity index (χ1n) is 5.62. The summed E-state index contributed by atoms with van der Waals surface area (Å²) in [6.45, 7) is 1.88. The first-order chi connectivity index (χ1) is 8.82. The standard InChI is InChI=1S/C13H11F3O3.Na/c1-2-7-3-4-10-8(5-7)6-9(12(17)18)11(19-10)13(14,15)16;/h3-6,11H,2H2,1H3,(H,17,18);/q;+1/p-1/t11-;/m1./s1. The quantitative estimate of drug-likeness (QED) is 0.638. The largest absolute Gasteiger partial charge is 1.00 e. The van der Waals surface area contributed by atoms with Crippen molar-refractivity contribution < 1.29 is 57.4 Å². The van der Waals surface area contributed by atoms with Crippen LogP contribution < -0.4 is 39.4 Å². The van der Waals surface area contributed by atoms with Crippen LogP contribution in [-0.2, 0) is 11.2 Å². The third-order valence-corrected chi connectivity index (χ3v) is 2.85. The van der Waals surface area contributed by atoms with Gasteiger partial charge in [-0.25, -0.2) is 0 Å². The fraction of sp³-hybridized carbons (Fsp3) is 0.308. The van der Waals surface area contributed by atoms with Crippen LogP contribution >= 0.6 is 0 Å².